The van der Waals surface area contributed by atoms with Gasteiger partial charge in [-0.2, -0.15) is 0 Å². The Morgan fingerprint density at radius 3 is 2.77 bits per heavy atom. The molecule has 1 N–H and O–H groups in total. The molecule has 0 saturated heterocycles. The minimum absolute atomic E-state index is 0.446. The van der Waals surface area contributed by atoms with E-state index in [-0.39, 0.29) is 0 Å². The van der Waals surface area contributed by atoms with E-state index in [1.807, 2.05) is 11.3 Å². The van der Waals surface area contributed by atoms with Gasteiger partial charge in [0.2, 0.25) is 9.69 Å². The van der Waals surface area contributed by atoms with Gasteiger partial charge < -0.3 is 5.11 Å². The van der Waals surface area contributed by atoms with E-state index in [4.69, 9.17) is 0 Å². The van der Waals surface area contributed by atoms with Crippen LogP contribution in [0.1, 0.15) is 23.6 Å². The quantitative estimate of drug-likeness (QED) is 0.854. The van der Waals surface area contributed by atoms with Gasteiger partial charge in [-0.1, -0.05) is 11.3 Å². The molecule has 1 unspecified atom stereocenters. The van der Waals surface area contributed by atoms with Crippen LogP contribution in [-0.2, 0) is 0 Å². The lowest BCUT2D eigenvalue weighted by molar-refractivity contribution is 0.202. The maximum Gasteiger partial charge on any atom is 0.217 e. The summed E-state index contributed by atoms with van der Waals surface area (Å²) in [7, 11) is 0. The number of hydrogen-bond acceptors (Lipinski definition) is 4. The molecule has 13 heavy (non-hydrogen) atoms. The van der Waals surface area contributed by atoms with Gasteiger partial charge in [-0.25, -0.2) is 0 Å². The van der Waals surface area contributed by atoms with Crippen LogP contribution in [0.3, 0.4) is 0 Å². The molecule has 1 atom stereocenters. The first-order valence-electron chi connectivity index (χ1n) is 3.79. The van der Waals surface area contributed by atoms with E-state index in [1.165, 1.54) is 11.3 Å². The fourth-order valence-corrected chi connectivity index (χ4v) is 2.90. The van der Waals surface area contributed by atoms with Gasteiger partial charge >= 0.3 is 0 Å². The topological polar surface area (TPSA) is 50.4 Å². The molecule has 70 valence electrons. The molecule has 2 aromatic rings. The van der Waals surface area contributed by atoms with Gasteiger partial charge in [0.15, 0.2) is 0 Å². The molecule has 2 rings (SSSR count). The first-order chi connectivity index (χ1) is 6.11. The van der Waals surface area contributed by atoms with Crippen molar-refractivity contribution < 1.29 is 5.11 Å². The van der Waals surface area contributed by atoms with Crippen molar-refractivity contribution in [3.05, 3.63) is 15.3 Å². The highest BCUT2D eigenvalue weighted by atomic mass is 79.9. The third-order valence-corrected chi connectivity index (χ3v) is 3.68. The zero-order valence-electron chi connectivity index (χ0n) is 7.15. The van der Waals surface area contributed by atoms with E-state index in [2.05, 4.69) is 26.1 Å². The van der Waals surface area contributed by atoms with Crippen LogP contribution < -0.4 is 0 Å². The van der Waals surface area contributed by atoms with Gasteiger partial charge in [-0.15, -0.1) is 10.2 Å². The lowest BCUT2D eigenvalue weighted by Gasteiger charge is -2.00. The summed E-state index contributed by atoms with van der Waals surface area (Å²) < 4.78 is 2.57. The van der Waals surface area contributed by atoms with Gasteiger partial charge in [0.25, 0.3) is 0 Å². The molecule has 4 nitrogen and oxygen atoms in total. The largest absolute Gasteiger partial charge is 0.388 e. The maximum atomic E-state index is 9.45. The van der Waals surface area contributed by atoms with Gasteiger partial charge in [-0.3, -0.25) is 4.40 Å². The summed E-state index contributed by atoms with van der Waals surface area (Å²) in [6.45, 7) is 3.69. The lowest BCUT2D eigenvalue weighted by atomic mass is 10.3. The van der Waals surface area contributed by atoms with E-state index < -0.39 is 6.10 Å². The van der Waals surface area contributed by atoms with Gasteiger partial charge in [0.1, 0.15) is 0 Å². The molecule has 0 aromatic carbocycles. The van der Waals surface area contributed by atoms with Crippen molar-refractivity contribution in [3.63, 3.8) is 0 Å². The van der Waals surface area contributed by atoms with Gasteiger partial charge in [-0.05, 0) is 29.8 Å². The SMILES string of the molecule is Cc1c(C(C)O)sc2nnc(Br)n12. The molecule has 0 fully saturated rings. The van der Waals surface area contributed by atoms with Crippen molar-refractivity contribution in [1.29, 1.82) is 0 Å². The highest BCUT2D eigenvalue weighted by Crippen LogP contribution is 2.29. The number of aliphatic hydroxyl groups is 1. The number of halogens is 1. The number of rotatable bonds is 1. The summed E-state index contributed by atoms with van der Waals surface area (Å²) in [4.78, 5) is 1.74. The molecule has 6 heteroatoms. The molecule has 2 heterocycles. The molecule has 0 aliphatic rings. The average molecular weight is 262 g/mol. The first-order valence-corrected chi connectivity index (χ1v) is 5.40. The first kappa shape index (κ1) is 9.11. The van der Waals surface area contributed by atoms with Crippen molar-refractivity contribution in [2.45, 2.75) is 20.0 Å². The van der Waals surface area contributed by atoms with Crippen LogP contribution >= 0.6 is 27.3 Å². The zero-order valence-corrected chi connectivity index (χ0v) is 9.55. The predicted octanol–water partition coefficient (Wildman–Crippen LogP) is 1.92. The molecule has 0 saturated carbocycles. The summed E-state index contributed by atoms with van der Waals surface area (Å²) >= 11 is 4.76. The van der Waals surface area contributed by atoms with Crippen molar-refractivity contribution in [3.8, 4) is 0 Å². The fraction of sp³-hybridized carbons (Fsp3) is 0.429. The number of hydrogen-bond donors (Lipinski definition) is 1. The van der Waals surface area contributed by atoms with Crippen LogP contribution in [0.25, 0.3) is 4.96 Å². The van der Waals surface area contributed by atoms with Crippen LogP contribution in [-0.4, -0.2) is 19.7 Å². The molecule has 0 bridgehead atoms. The number of aromatic nitrogens is 3. The molecule has 0 aliphatic carbocycles. The average Bonchev–Trinajstić information content (AvgIpc) is 2.55. The molecule has 2 aromatic heterocycles. The second-order valence-corrected chi connectivity index (χ2v) is 4.53. The fourth-order valence-electron chi connectivity index (χ4n) is 1.27. The lowest BCUT2D eigenvalue weighted by Crippen LogP contribution is -1.93. The molecule has 0 aliphatic heterocycles. The van der Waals surface area contributed by atoms with Crippen molar-refractivity contribution in [2.24, 2.45) is 0 Å². The third kappa shape index (κ3) is 1.29. The molecule has 0 amide bonds. The number of aryl methyl sites for hydroxylation is 1. The minimum Gasteiger partial charge on any atom is -0.388 e. The van der Waals surface area contributed by atoms with E-state index >= 15 is 0 Å². The van der Waals surface area contributed by atoms with Gasteiger partial charge in [0, 0.05) is 5.69 Å². The Hall–Kier alpha value is -0.460. The molecule has 0 radical (unpaired) electrons. The number of fused-ring (bicyclic) bond motifs is 1. The smallest absolute Gasteiger partial charge is 0.217 e. The summed E-state index contributed by atoms with van der Waals surface area (Å²) in [5.41, 5.74) is 0.992. The molecular weight excluding hydrogens is 254 g/mol. The normalized spacial score (nSPS) is 13.8. The van der Waals surface area contributed by atoms with E-state index in [0.717, 1.165) is 15.5 Å². The van der Waals surface area contributed by atoms with E-state index in [1.54, 1.807) is 6.92 Å². The number of nitrogens with zero attached hydrogens (tertiary/aromatic N) is 3. The molecular formula is C7H8BrN3OS. The number of thiazole rings is 1. The van der Waals surface area contributed by atoms with E-state index in [9.17, 15) is 5.11 Å². The summed E-state index contributed by atoms with van der Waals surface area (Å²) in [6.07, 6.45) is -0.446. The van der Waals surface area contributed by atoms with Crippen molar-refractivity contribution in [2.75, 3.05) is 0 Å². The predicted molar refractivity (Wildman–Crippen MR) is 53.9 cm³/mol. The van der Waals surface area contributed by atoms with Gasteiger partial charge in [0.05, 0.1) is 11.0 Å². The number of aliphatic hydroxyl groups excluding tert-OH is 1. The highest BCUT2D eigenvalue weighted by Gasteiger charge is 2.15. The minimum atomic E-state index is -0.446. The second-order valence-electron chi connectivity index (χ2n) is 2.81. The van der Waals surface area contributed by atoms with Crippen LogP contribution in [0.5, 0.6) is 0 Å². The van der Waals surface area contributed by atoms with Crippen molar-refractivity contribution >= 4 is 32.2 Å². The Labute approximate surface area is 87.4 Å². The maximum absolute atomic E-state index is 9.45. The monoisotopic (exact) mass is 261 g/mol. The van der Waals surface area contributed by atoms with Crippen LogP contribution in [0.2, 0.25) is 0 Å². The Balaban J connectivity index is 2.75. The highest BCUT2D eigenvalue weighted by molar-refractivity contribution is 9.10. The van der Waals surface area contributed by atoms with Crippen LogP contribution in [0, 0.1) is 6.92 Å². The Morgan fingerprint density at radius 1 is 1.54 bits per heavy atom. The standard InChI is InChI=1S/C7H8BrN3OS/c1-3-5(4(2)12)13-7-10-9-6(8)11(3)7/h4,12H,1-2H3. The Bertz CT molecular complexity index is 448. The summed E-state index contributed by atoms with van der Waals surface area (Å²) in [5.74, 6) is 0. The van der Waals surface area contributed by atoms with Crippen LogP contribution in [0.4, 0.5) is 0 Å². The Kier molecular flexibility index (Phi) is 2.13. The van der Waals surface area contributed by atoms with E-state index in [0.29, 0.717) is 4.73 Å². The zero-order chi connectivity index (χ0) is 9.59. The van der Waals surface area contributed by atoms with Crippen molar-refractivity contribution in [1.82, 2.24) is 14.6 Å². The van der Waals surface area contributed by atoms with Crippen LogP contribution in [0.15, 0.2) is 4.73 Å². The summed E-state index contributed by atoms with van der Waals surface area (Å²) in [6, 6.07) is 0. The second kappa shape index (κ2) is 3.04. The third-order valence-electron chi connectivity index (χ3n) is 1.87. The Morgan fingerprint density at radius 2 is 2.23 bits per heavy atom. The molecule has 0 spiro atoms. The summed E-state index contributed by atoms with van der Waals surface area (Å²) in [5, 5.41) is 17.3.